The maximum Gasteiger partial charge on any atom is 0.408 e. The zero-order valence-corrected chi connectivity index (χ0v) is 10.7. The van der Waals surface area contributed by atoms with Crippen molar-refractivity contribution in [2.24, 2.45) is 4.99 Å². The molecule has 0 aromatic heterocycles. The third-order valence-electron chi connectivity index (χ3n) is 2.39. The monoisotopic (exact) mass is 226 g/mol. The first-order chi connectivity index (χ1) is 7.38. The standard InChI is InChI=1S/C12H22N2O2/c1-9(10-7-5-6-8-13-10)14-11(15)16-12(2,3)4/h9H,5-8H2,1-4H3,(H,14,15). The molecule has 1 unspecified atom stereocenters. The van der Waals surface area contributed by atoms with Gasteiger partial charge < -0.3 is 10.1 Å². The van der Waals surface area contributed by atoms with Crippen molar-refractivity contribution in [3.63, 3.8) is 0 Å². The number of hydrogen-bond donors (Lipinski definition) is 1. The smallest absolute Gasteiger partial charge is 0.408 e. The van der Waals surface area contributed by atoms with Crippen LogP contribution in [0.5, 0.6) is 0 Å². The summed E-state index contributed by atoms with van der Waals surface area (Å²) >= 11 is 0. The lowest BCUT2D eigenvalue weighted by Gasteiger charge is -2.23. The van der Waals surface area contributed by atoms with Gasteiger partial charge in [-0.3, -0.25) is 4.99 Å². The number of nitrogens with zero attached hydrogens (tertiary/aromatic N) is 1. The number of amides is 1. The number of carbonyl (C=O) groups excluding carboxylic acids is 1. The fourth-order valence-corrected chi connectivity index (χ4v) is 1.64. The predicted molar refractivity (Wildman–Crippen MR) is 65.0 cm³/mol. The highest BCUT2D eigenvalue weighted by molar-refractivity contribution is 5.92. The van der Waals surface area contributed by atoms with E-state index in [1.165, 1.54) is 6.42 Å². The molecule has 0 aliphatic carbocycles. The van der Waals surface area contributed by atoms with Crippen molar-refractivity contribution in [3.05, 3.63) is 0 Å². The summed E-state index contributed by atoms with van der Waals surface area (Å²) in [7, 11) is 0. The van der Waals surface area contributed by atoms with Crippen LogP contribution in [-0.2, 0) is 4.74 Å². The first-order valence-corrected chi connectivity index (χ1v) is 5.91. The van der Waals surface area contributed by atoms with E-state index in [0.717, 1.165) is 25.1 Å². The van der Waals surface area contributed by atoms with Crippen molar-refractivity contribution in [2.45, 2.75) is 58.6 Å². The zero-order chi connectivity index (χ0) is 12.2. The van der Waals surface area contributed by atoms with Crippen LogP contribution in [0.15, 0.2) is 4.99 Å². The van der Waals surface area contributed by atoms with E-state index in [0.29, 0.717) is 0 Å². The molecule has 1 aliphatic rings. The average molecular weight is 226 g/mol. The first-order valence-electron chi connectivity index (χ1n) is 5.91. The Kier molecular flexibility index (Phi) is 4.33. The minimum Gasteiger partial charge on any atom is -0.444 e. The Morgan fingerprint density at radius 2 is 2.12 bits per heavy atom. The van der Waals surface area contributed by atoms with E-state index < -0.39 is 5.60 Å². The number of ether oxygens (including phenoxy) is 1. The van der Waals surface area contributed by atoms with Crippen LogP contribution in [0.2, 0.25) is 0 Å². The number of rotatable bonds is 2. The van der Waals surface area contributed by atoms with E-state index in [-0.39, 0.29) is 12.1 Å². The van der Waals surface area contributed by atoms with Gasteiger partial charge in [0.15, 0.2) is 0 Å². The Balaban J connectivity index is 2.41. The maximum atomic E-state index is 11.5. The largest absolute Gasteiger partial charge is 0.444 e. The Labute approximate surface area is 97.5 Å². The van der Waals surface area contributed by atoms with Crippen LogP contribution in [0, 0.1) is 0 Å². The molecule has 1 rings (SSSR count). The SMILES string of the molecule is CC(NC(=O)OC(C)(C)C)C1=NCCCC1. The van der Waals surface area contributed by atoms with Crippen LogP contribution in [0.3, 0.4) is 0 Å². The third-order valence-corrected chi connectivity index (χ3v) is 2.39. The molecule has 0 radical (unpaired) electrons. The molecule has 1 aliphatic heterocycles. The molecule has 1 atom stereocenters. The third kappa shape index (κ3) is 4.64. The summed E-state index contributed by atoms with van der Waals surface area (Å²) in [5.74, 6) is 0. The van der Waals surface area contributed by atoms with Gasteiger partial charge in [-0.15, -0.1) is 0 Å². The summed E-state index contributed by atoms with van der Waals surface area (Å²) in [6, 6.07) is -0.0184. The van der Waals surface area contributed by atoms with Crippen molar-refractivity contribution in [2.75, 3.05) is 6.54 Å². The van der Waals surface area contributed by atoms with Gasteiger partial charge in [-0.25, -0.2) is 4.79 Å². The van der Waals surface area contributed by atoms with Gasteiger partial charge in [0.1, 0.15) is 5.60 Å². The van der Waals surface area contributed by atoms with Gasteiger partial charge in [-0.05, 0) is 47.0 Å². The number of nitrogens with one attached hydrogen (secondary N) is 1. The highest BCUT2D eigenvalue weighted by Crippen LogP contribution is 2.10. The van der Waals surface area contributed by atoms with Crippen molar-refractivity contribution < 1.29 is 9.53 Å². The van der Waals surface area contributed by atoms with Crippen molar-refractivity contribution in [3.8, 4) is 0 Å². The lowest BCUT2D eigenvalue weighted by Crippen LogP contribution is -2.42. The van der Waals surface area contributed by atoms with E-state index in [2.05, 4.69) is 10.3 Å². The summed E-state index contributed by atoms with van der Waals surface area (Å²) in [5, 5.41) is 2.81. The molecule has 1 heterocycles. The molecule has 0 aromatic carbocycles. The van der Waals surface area contributed by atoms with Crippen LogP contribution in [0.1, 0.15) is 47.0 Å². The Morgan fingerprint density at radius 1 is 1.44 bits per heavy atom. The quantitative estimate of drug-likeness (QED) is 0.786. The summed E-state index contributed by atoms with van der Waals surface area (Å²) in [5.41, 5.74) is 0.634. The van der Waals surface area contributed by atoms with Crippen LogP contribution < -0.4 is 5.32 Å². The number of alkyl carbamates (subject to hydrolysis) is 1. The molecule has 92 valence electrons. The molecule has 0 aromatic rings. The van der Waals surface area contributed by atoms with E-state index in [9.17, 15) is 4.79 Å². The second-order valence-corrected chi connectivity index (χ2v) is 5.20. The minimum absolute atomic E-state index is 0.0184. The molecule has 16 heavy (non-hydrogen) atoms. The Morgan fingerprint density at radius 3 is 2.62 bits per heavy atom. The molecule has 0 spiro atoms. The molecule has 1 N–H and O–H groups in total. The lowest BCUT2D eigenvalue weighted by atomic mass is 10.0. The lowest BCUT2D eigenvalue weighted by molar-refractivity contribution is 0.0520. The summed E-state index contributed by atoms with van der Waals surface area (Å²) in [6.45, 7) is 8.41. The average Bonchev–Trinajstić information content (AvgIpc) is 2.16. The van der Waals surface area contributed by atoms with Crippen LogP contribution in [0.4, 0.5) is 4.79 Å². The van der Waals surface area contributed by atoms with Crippen LogP contribution in [-0.4, -0.2) is 30.0 Å². The normalized spacial score (nSPS) is 18.6. The number of carbonyl (C=O) groups is 1. The fourth-order valence-electron chi connectivity index (χ4n) is 1.64. The van der Waals surface area contributed by atoms with E-state index in [1.807, 2.05) is 27.7 Å². The molecule has 4 heteroatoms. The fraction of sp³-hybridized carbons (Fsp3) is 0.833. The second-order valence-electron chi connectivity index (χ2n) is 5.20. The Bertz CT molecular complexity index is 279. The second kappa shape index (κ2) is 5.32. The molecule has 0 saturated heterocycles. The molecule has 0 saturated carbocycles. The number of aliphatic imine (C=N–C) groups is 1. The molecule has 1 amide bonds. The summed E-state index contributed by atoms with van der Waals surface area (Å²) in [6.07, 6.45) is 2.94. The van der Waals surface area contributed by atoms with E-state index in [4.69, 9.17) is 4.74 Å². The summed E-state index contributed by atoms with van der Waals surface area (Å²) < 4.78 is 5.19. The van der Waals surface area contributed by atoms with Crippen LogP contribution >= 0.6 is 0 Å². The van der Waals surface area contributed by atoms with E-state index >= 15 is 0 Å². The molecule has 0 bridgehead atoms. The van der Waals surface area contributed by atoms with Crippen molar-refractivity contribution in [1.29, 1.82) is 0 Å². The van der Waals surface area contributed by atoms with Gasteiger partial charge in [0.25, 0.3) is 0 Å². The summed E-state index contributed by atoms with van der Waals surface area (Å²) in [4.78, 5) is 15.9. The highest BCUT2D eigenvalue weighted by atomic mass is 16.6. The van der Waals surface area contributed by atoms with Crippen molar-refractivity contribution >= 4 is 11.8 Å². The van der Waals surface area contributed by atoms with Gasteiger partial charge in [0, 0.05) is 12.3 Å². The van der Waals surface area contributed by atoms with Gasteiger partial charge >= 0.3 is 6.09 Å². The maximum absolute atomic E-state index is 11.5. The highest BCUT2D eigenvalue weighted by Gasteiger charge is 2.20. The molecule has 4 nitrogen and oxygen atoms in total. The minimum atomic E-state index is -0.446. The Hall–Kier alpha value is -1.06. The van der Waals surface area contributed by atoms with E-state index in [1.54, 1.807) is 0 Å². The van der Waals surface area contributed by atoms with Gasteiger partial charge in [0.2, 0.25) is 0 Å². The first kappa shape index (κ1) is 13.0. The van der Waals surface area contributed by atoms with Gasteiger partial charge in [-0.2, -0.15) is 0 Å². The van der Waals surface area contributed by atoms with Gasteiger partial charge in [-0.1, -0.05) is 0 Å². The van der Waals surface area contributed by atoms with Crippen molar-refractivity contribution in [1.82, 2.24) is 5.32 Å². The molecular formula is C12H22N2O2. The zero-order valence-electron chi connectivity index (χ0n) is 10.7. The van der Waals surface area contributed by atoms with Gasteiger partial charge in [0.05, 0.1) is 6.04 Å². The predicted octanol–water partition coefficient (Wildman–Crippen LogP) is 2.52. The van der Waals surface area contributed by atoms with Crippen LogP contribution in [0.25, 0.3) is 0 Å². The topological polar surface area (TPSA) is 50.7 Å². The molecular weight excluding hydrogens is 204 g/mol. The number of hydrogen-bond acceptors (Lipinski definition) is 3. The molecule has 0 fully saturated rings.